The lowest BCUT2D eigenvalue weighted by Crippen LogP contribution is -2.06. The summed E-state index contributed by atoms with van der Waals surface area (Å²) < 4.78 is 1.50. The van der Waals surface area contributed by atoms with E-state index < -0.39 is 5.97 Å². The Hall–Kier alpha value is -1.81. The van der Waals surface area contributed by atoms with E-state index in [0.717, 1.165) is 5.56 Å². The molecule has 82 valence electrons. The predicted molar refractivity (Wildman–Crippen MR) is 60.3 cm³/mol. The van der Waals surface area contributed by atoms with Crippen molar-refractivity contribution in [3.8, 4) is 11.3 Å². The molecule has 5 heteroatoms. The summed E-state index contributed by atoms with van der Waals surface area (Å²) in [4.78, 5) is 14.6. The average molecular weight is 237 g/mol. The molecule has 0 aliphatic carbocycles. The number of aromatic nitrogens is 2. The average Bonchev–Trinajstić information content (AvgIpc) is 2.66. The number of aliphatic carboxylic acids is 1. The lowest BCUT2D eigenvalue weighted by molar-refractivity contribution is -0.137. The Morgan fingerprint density at radius 2 is 2.19 bits per heavy atom. The van der Waals surface area contributed by atoms with Gasteiger partial charge in [-0.05, 0) is 6.07 Å². The first-order valence-corrected chi connectivity index (χ1v) is 5.03. The molecular weight excluding hydrogens is 228 g/mol. The summed E-state index contributed by atoms with van der Waals surface area (Å²) >= 11 is 6.01. The number of hydrogen-bond acceptors (Lipinski definition) is 2. The third-order valence-electron chi connectivity index (χ3n) is 2.10. The summed E-state index contributed by atoms with van der Waals surface area (Å²) in [6.07, 6.45) is 3.14. The van der Waals surface area contributed by atoms with Crippen molar-refractivity contribution < 1.29 is 9.90 Å². The van der Waals surface area contributed by atoms with E-state index in [-0.39, 0.29) is 6.54 Å². The molecule has 1 aromatic carbocycles. The van der Waals surface area contributed by atoms with Gasteiger partial charge in [0.15, 0.2) is 0 Å². The van der Waals surface area contributed by atoms with Gasteiger partial charge in [0.05, 0.1) is 17.0 Å². The summed E-state index contributed by atoms with van der Waals surface area (Å²) in [7, 11) is 0. The van der Waals surface area contributed by atoms with Crippen molar-refractivity contribution in [2.45, 2.75) is 6.54 Å². The van der Waals surface area contributed by atoms with Crippen molar-refractivity contribution in [1.82, 2.24) is 9.55 Å². The van der Waals surface area contributed by atoms with Crippen LogP contribution >= 0.6 is 11.6 Å². The minimum Gasteiger partial charge on any atom is -0.480 e. The molecule has 0 amide bonds. The van der Waals surface area contributed by atoms with Crippen molar-refractivity contribution in [3.05, 3.63) is 41.8 Å². The van der Waals surface area contributed by atoms with Gasteiger partial charge in [0.25, 0.3) is 0 Å². The second-order valence-electron chi connectivity index (χ2n) is 3.30. The van der Waals surface area contributed by atoms with E-state index in [4.69, 9.17) is 16.7 Å². The molecule has 0 radical (unpaired) electrons. The summed E-state index contributed by atoms with van der Waals surface area (Å²) in [5, 5.41) is 9.23. The molecule has 0 fully saturated rings. The zero-order valence-corrected chi connectivity index (χ0v) is 9.05. The van der Waals surface area contributed by atoms with Crippen LogP contribution < -0.4 is 0 Å². The highest BCUT2D eigenvalue weighted by molar-refractivity contribution is 6.33. The van der Waals surface area contributed by atoms with Crippen molar-refractivity contribution >= 4 is 17.6 Å². The largest absolute Gasteiger partial charge is 0.480 e. The number of imidazole rings is 1. The second-order valence-corrected chi connectivity index (χ2v) is 3.71. The first-order valence-electron chi connectivity index (χ1n) is 4.65. The van der Waals surface area contributed by atoms with Gasteiger partial charge in [-0.25, -0.2) is 4.98 Å². The quantitative estimate of drug-likeness (QED) is 0.890. The number of rotatable bonds is 3. The van der Waals surface area contributed by atoms with Gasteiger partial charge in [0.1, 0.15) is 6.54 Å². The lowest BCUT2D eigenvalue weighted by atomic mass is 10.2. The van der Waals surface area contributed by atoms with Crippen LogP contribution in [0.3, 0.4) is 0 Å². The first-order chi connectivity index (χ1) is 7.66. The van der Waals surface area contributed by atoms with Gasteiger partial charge in [-0.15, -0.1) is 0 Å². The zero-order chi connectivity index (χ0) is 11.5. The van der Waals surface area contributed by atoms with Crippen LogP contribution in [-0.4, -0.2) is 20.6 Å². The summed E-state index contributed by atoms with van der Waals surface area (Å²) in [6, 6.07) is 7.31. The predicted octanol–water partition coefficient (Wildman–Crippen LogP) is 2.29. The van der Waals surface area contributed by atoms with Crippen LogP contribution in [0.1, 0.15) is 0 Å². The molecule has 1 aromatic heterocycles. The molecule has 0 bridgehead atoms. The van der Waals surface area contributed by atoms with Gasteiger partial charge in [0.2, 0.25) is 0 Å². The fraction of sp³-hybridized carbons (Fsp3) is 0.0909. The van der Waals surface area contributed by atoms with Crippen LogP contribution in [0.2, 0.25) is 5.02 Å². The van der Waals surface area contributed by atoms with Gasteiger partial charge in [-0.3, -0.25) is 4.79 Å². The Morgan fingerprint density at radius 3 is 2.88 bits per heavy atom. The van der Waals surface area contributed by atoms with Crippen molar-refractivity contribution in [3.63, 3.8) is 0 Å². The summed E-state index contributed by atoms with van der Waals surface area (Å²) in [5.41, 5.74) is 1.47. The number of halogens is 1. The van der Waals surface area contributed by atoms with E-state index in [2.05, 4.69) is 4.98 Å². The third kappa shape index (κ3) is 2.23. The fourth-order valence-electron chi connectivity index (χ4n) is 1.41. The molecule has 1 heterocycles. The molecule has 4 nitrogen and oxygen atoms in total. The molecule has 2 aromatic rings. The van der Waals surface area contributed by atoms with Crippen LogP contribution in [-0.2, 0) is 11.3 Å². The standard InChI is InChI=1S/C11H9ClN2O2/c12-9-4-2-1-3-8(9)10-5-14(7-13-10)6-11(15)16/h1-5,7H,6H2,(H,15,16). The van der Waals surface area contributed by atoms with Gasteiger partial charge < -0.3 is 9.67 Å². The van der Waals surface area contributed by atoms with Crippen LogP contribution in [0.4, 0.5) is 0 Å². The number of nitrogens with zero attached hydrogens (tertiary/aromatic N) is 2. The Balaban J connectivity index is 2.32. The topological polar surface area (TPSA) is 55.1 Å². The van der Waals surface area contributed by atoms with E-state index in [1.54, 1.807) is 12.3 Å². The maximum Gasteiger partial charge on any atom is 0.323 e. The molecule has 0 atom stereocenters. The Morgan fingerprint density at radius 1 is 1.44 bits per heavy atom. The minimum absolute atomic E-state index is 0.0997. The molecule has 16 heavy (non-hydrogen) atoms. The third-order valence-corrected chi connectivity index (χ3v) is 2.43. The van der Waals surface area contributed by atoms with Gasteiger partial charge in [-0.2, -0.15) is 0 Å². The van der Waals surface area contributed by atoms with Crippen molar-refractivity contribution in [2.24, 2.45) is 0 Å². The van der Waals surface area contributed by atoms with E-state index in [0.29, 0.717) is 10.7 Å². The van der Waals surface area contributed by atoms with Crippen LogP contribution in [0.5, 0.6) is 0 Å². The van der Waals surface area contributed by atoms with Crippen LogP contribution in [0.15, 0.2) is 36.8 Å². The van der Waals surface area contributed by atoms with Crippen molar-refractivity contribution in [2.75, 3.05) is 0 Å². The molecule has 0 spiro atoms. The van der Waals surface area contributed by atoms with Gasteiger partial charge >= 0.3 is 5.97 Å². The van der Waals surface area contributed by atoms with E-state index >= 15 is 0 Å². The molecule has 0 unspecified atom stereocenters. The molecule has 0 saturated heterocycles. The molecule has 1 N–H and O–H groups in total. The smallest absolute Gasteiger partial charge is 0.323 e. The summed E-state index contributed by atoms with van der Waals surface area (Å²) in [6.45, 7) is -0.0997. The molecule has 2 rings (SSSR count). The number of benzene rings is 1. The monoisotopic (exact) mass is 236 g/mol. The van der Waals surface area contributed by atoms with Gasteiger partial charge in [0, 0.05) is 11.8 Å². The summed E-state index contributed by atoms with van der Waals surface area (Å²) in [5.74, 6) is -0.900. The lowest BCUT2D eigenvalue weighted by Gasteiger charge is -1.98. The van der Waals surface area contributed by atoms with E-state index in [1.165, 1.54) is 10.9 Å². The normalized spacial score (nSPS) is 10.3. The zero-order valence-electron chi connectivity index (χ0n) is 8.30. The number of hydrogen-bond donors (Lipinski definition) is 1. The maximum absolute atomic E-state index is 10.5. The van der Waals surface area contributed by atoms with Crippen LogP contribution in [0, 0.1) is 0 Å². The maximum atomic E-state index is 10.5. The van der Waals surface area contributed by atoms with E-state index in [9.17, 15) is 4.79 Å². The highest BCUT2D eigenvalue weighted by atomic mass is 35.5. The van der Waals surface area contributed by atoms with Crippen molar-refractivity contribution in [1.29, 1.82) is 0 Å². The fourth-order valence-corrected chi connectivity index (χ4v) is 1.64. The molecule has 0 aliphatic heterocycles. The van der Waals surface area contributed by atoms with Crippen LogP contribution in [0.25, 0.3) is 11.3 Å². The number of carbonyl (C=O) groups is 1. The SMILES string of the molecule is O=C(O)Cn1cnc(-c2ccccc2Cl)c1. The Bertz CT molecular complexity index is 522. The molecule has 0 saturated carbocycles. The Labute approximate surface area is 97.1 Å². The number of carboxylic acids is 1. The van der Waals surface area contributed by atoms with E-state index in [1.807, 2.05) is 18.2 Å². The second kappa shape index (κ2) is 4.37. The molecular formula is C11H9ClN2O2. The Kier molecular flexibility index (Phi) is 2.92. The highest BCUT2D eigenvalue weighted by Crippen LogP contribution is 2.25. The first kappa shape index (κ1) is 10.7. The minimum atomic E-state index is -0.900. The van der Waals surface area contributed by atoms with Gasteiger partial charge in [-0.1, -0.05) is 29.8 Å². The number of carboxylic acid groups (broad SMARTS) is 1. The molecule has 0 aliphatic rings. The highest BCUT2D eigenvalue weighted by Gasteiger charge is 2.07.